The van der Waals surface area contributed by atoms with Crippen molar-refractivity contribution in [3.05, 3.63) is 17.6 Å². The monoisotopic (exact) mass is 321 g/mol. The van der Waals surface area contributed by atoms with Gasteiger partial charge in [-0.25, -0.2) is 9.78 Å². The van der Waals surface area contributed by atoms with Crippen molar-refractivity contribution >= 4 is 17.8 Å². The smallest absolute Gasteiger partial charge is 0.407 e. The fourth-order valence-corrected chi connectivity index (χ4v) is 2.59. The Bertz CT molecular complexity index is 570. The minimum absolute atomic E-state index is 0.380. The minimum Gasteiger partial charge on any atom is -0.439 e. The van der Waals surface area contributed by atoms with Crippen LogP contribution in [0.4, 0.5) is 10.6 Å². The molecule has 0 spiro atoms. The first-order valence-electron chi connectivity index (χ1n) is 7.70. The number of alkyl carbamates (subject to hydrolysis) is 1. The second-order valence-electron chi connectivity index (χ2n) is 5.77. The molecule has 23 heavy (non-hydrogen) atoms. The number of primary amides is 1. The van der Waals surface area contributed by atoms with Crippen LogP contribution in [0.2, 0.25) is 0 Å². The van der Waals surface area contributed by atoms with E-state index in [0.29, 0.717) is 12.5 Å². The number of anilines is 1. The molecule has 0 saturated carbocycles. The third kappa shape index (κ3) is 5.08. The molecule has 1 aliphatic heterocycles. The van der Waals surface area contributed by atoms with Crippen molar-refractivity contribution in [2.45, 2.75) is 26.7 Å². The number of aryl methyl sites for hydroxylation is 2. The molecule has 0 aromatic carbocycles. The number of carbonyl (C=O) groups is 2. The Labute approximate surface area is 135 Å². The molecule has 1 fully saturated rings. The predicted octanol–water partition coefficient (Wildman–Crippen LogP) is 0.521. The summed E-state index contributed by atoms with van der Waals surface area (Å²) in [7, 11) is 0. The largest absolute Gasteiger partial charge is 0.439 e. The maximum absolute atomic E-state index is 11.4. The Kier molecular flexibility index (Phi) is 5.72. The summed E-state index contributed by atoms with van der Waals surface area (Å²) >= 11 is 0. The van der Waals surface area contributed by atoms with Crippen LogP contribution in [0.3, 0.4) is 0 Å². The number of hydrogen-bond donors (Lipinski definition) is 2. The average molecular weight is 321 g/mol. The van der Waals surface area contributed by atoms with Gasteiger partial charge in [0.05, 0.1) is 11.4 Å². The number of rotatable bonds is 5. The highest BCUT2D eigenvalue weighted by Gasteiger charge is 2.22. The van der Waals surface area contributed by atoms with Crippen LogP contribution in [-0.2, 0) is 9.53 Å². The lowest BCUT2D eigenvalue weighted by Gasteiger charge is -2.33. The molecular weight excluding hydrogens is 298 g/mol. The summed E-state index contributed by atoms with van der Waals surface area (Å²) in [4.78, 5) is 33.1. The molecule has 1 aliphatic rings. The Morgan fingerprint density at radius 3 is 2.74 bits per heavy atom. The van der Waals surface area contributed by atoms with E-state index in [-0.39, 0.29) is 0 Å². The van der Waals surface area contributed by atoms with Crippen LogP contribution >= 0.6 is 0 Å². The van der Waals surface area contributed by atoms with Gasteiger partial charge in [-0.1, -0.05) is 0 Å². The molecule has 0 radical (unpaired) electrons. The van der Waals surface area contributed by atoms with E-state index in [4.69, 9.17) is 5.73 Å². The van der Waals surface area contributed by atoms with Crippen molar-refractivity contribution in [2.24, 2.45) is 11.7 Å². The maximum atomic E-state index is 11.4. The molecule has 0 atom stereocenters. The highest BCUT2D eigenvalue weighted by Crippen LogP contribution is 2.23. The highest BCUT2D eigenvalue weighted by atomic mass is 16.6. The second-order valence-corrected chi connectivity index (χ2v) is 5.77. The van der Waals surface area contributed by atoms with Crippen LogP contribution in [0.1, 0.15) is 24.2 Å². The number of amides is 2. The normalized spacial score (nSPS) is 15.3. The number of nitrogens with two attached hydrogens (primary N) is 1. The Morgan fingerprint density at radius 2 is 2.09 bits per heavy atom. The van der Waals surface area contributed by atoms with Crippen LogP contribution in [0.5, 0.6) is 0 Å². The summed E-state index contributed by atoms with van der Waals surface area (Å²) in [5.74, 6) is 0.658. The van der Waals surface area contributed by atoms with Gasteiger partial charge in [0.1, 0.15) is 5.82 Å². The van der Waals surface area contributed by atoms with Gasteiger partial charge in [0.2, 0.25) is 0 Å². The number of hydrogen-bond acceptors (Lipinski definition) is 6. The third-order valence-corrected chi connectivity index (χ3v) is 3.85. The van der Waals surface area contributed by atoms with Crippen LogP contribution in [-0.4, -0.2) is 48.2 Å². The molecule has 1 aromatic rings. The molecule has 2 heterocycles. The quantitative estimate of drug-likeness (QED) is 0.818. The zero-order chi connectivity index (χ0) is 16.8. The van der Waals surface area contributed by atoms with E-state index in [2.05, 4.69) is 24.9 Å². The summed E-state index contributed by atoms with van der Waals surface area (Å²) < 4.78 is 4.66. The summed E-state index contributed by atoms with van der Waals surface area (Å²) in [6.07, 6.45) is 3.07. The van der Waals surface area contributed by atoms with Crippen molar-refractivity contribution in [1.82, 2.24) is 15.3 Å². The minimum atomic E-state index is -0.664. The van der Waals surface area contributed by atoms with Crippen molar-refractivity contribution in [3.8, 4) is 0 Å². The first kappa shape index (κ1) is 17.0. The first-order chi connectivity index (χ1) is 11.0. The average Bonchev–Trinajstić information content (AvgIpc) is 2.54. The van der Waals surface area contributed by atoms with Crippen LogP contribution in [0, 0.1) is 19.8 Å². The molecule has 3 N–H and O–H groups in total. The molecule has 8 heteroatoms. The number of carbonyl (C=O) groups excluding carboxylic acids is 2. The van der Waals surface area contributed by atoms with E-state index < -0.39 is 18.6 Å². The molecule has 126 valence electrons. The number of ether oxygens (including phenoxy) is 1. The maximum Gasteiger partial charge on any atom is 0.407 e. The second kappa shape index (κ2) is 7.75. The van der Waals surface area contributed by atoms with Gasteiger partial charge >= 0.3 is 6.09 Å². The van der Waals surface area contributed by atoms with Crippen LogP contribution < -0.4 is 16.0 Å². The van der Waals surface area contributed by atoms with Gasteiger partial charge in [0.15, 0.2) is 6.61 Å². The first-order valence-corrected chi connectivity index (χ1v) is 7.70. The summed E-state index contributed by atoms with van der Waals surface area (Å²) in [6.45, 7) is 5.79. The molecule has 2 rings (SSSR count). The summed E-state index contributed by atoms with van der Waals surface area (Å²) in [5.41, 5.74) is 6.75. The molecule has 0 aliphatic carbocycles. The van der Waals surface area contributed by atoms with E-state index in [1.807, 2.05) is 13.8 Å². The van der Waals surface area contributed by atoms with Gasteiger partial charge in [-0.05, 0) is 32.6 Å². The van der Waals surface area contributed by atoms with Gasteiger partial charge in [0.25, 0.3) is 5.91 Å². The SMILES string of the molecule is Cc1cnc(C)c(N2CCC(CNC(=O)OCC(N)=O)CC2)n1. The topological polar surface area (TPSA) is 110 Å². The molecule has 0 unspecified atom stereocenters. The third-order valence-electron chi connectivity index (χ3n) is 3.85. The number of aromatic nitrogens is 2. The van der Waals surface area contributed by atoms with E-state index in [1.54, 1.807) is 6.20 Å². The van der Waals surface area contributed by atoms with Gasteiger partial charge in [-0.3, -0.25) is 9.78 Å². The lowest BCUT2D eigenvalue weighted by molar-refractivity contribution is -0.120. The zero-order valence-corrected chi connectivity index (χ0v) is 13.5. The Balaban J connectivity index is 1.77. The van der Waals surface area contributed by atoms with Gasteiger partial charge < -0.3 is 20.7 Å². The van der Waals surface area contributed by atoms with Crippen LogP contribution in [0.15, 0.2) is 6.20 Å². The van der Waals surface area contributed by atoms with Gasteiger partial charge in [-0.2, -0.15) is 0 Å². The lowest BCUT2D eigenvalue weighted by Crippen LogP contribution is -2.40. The van der Waals surface area contributed by atoms with E-state index in [9.17, 15) is 9.59 Å². The molecule has 8 nitrogen and oxygen atoms in total. The number of piperidine rings is 1. The van der Waals surface area contributed by atoms with Gasteiger partial charge in [-0.15, -0.1) is 0 Å². The molecule has 1 aromatic heterocycles. The summed E-state index contributed by atoms with van der Waals surface area (Å²) in [6, 6.07) is 0. The van der Waals surface area contributed by atoms with E-state index in [1.165, 1.54) is 0 Å². The molecule has 2 amide bonds. The highest BCUT2D eigenvalue weighted by molar-refractivity contribution is 5.78. The van der Waals surface area contributed by atoms with Crippen molar-refractivity contribution in [1.29, 1.82) is 0 Å². The predicted molar refractivity (Wildman–Crippen MR) is 85.0 cm³/mol. The molecular formula is C15H23N5O3. The fraction of sp³-hybridized carbons (Fsp3) is 0.600. The number of nitrogens with zero attached hydrogens (tertiary/aromatic N) is 3. The standard InChI is InChI=1S/C15H23N5O3/c1-10-7-17-11(2)14(19-10)20-5-3-12(4-6-20)8-18-15(22)23-9-13(16)21/h7,12H,3-6,8-9H2,1-2H3,(H2,16,21)(H,18,22). The van der Waals surface area contributed by atoms with E-state index >= 15 is 0 Å². The Hall–Kier alpha value is -2.38. The lowest BCUT2D eigenvalue weighted by atomic mass is 9.97. The van der Waals surface area contributed by atoms with Crippen molar-refractivity contribution < 1.29 is 14.3 Å². The van der Waals surface area contributed by atoms with E-state index in [0.717, 1.165) is 43.1 Å². The van der Waals surface area contributed by atoms with Gasteiger partial charge in [0, 0.05) is 25.8 Å². The molecule has 0 bridgehead atoms. The zero-order valence-electron chi connectivity index (χ0n) is 13.5. The Morgan fingerprint density at radius 1 is 1.39 bits per heavy atom. The summed E-state index contributed by atoms with van der Waals surface area (Å²) in [5, 5.41) is 2.67. The number of nitrogens with one attached hydrogen (secondary N) is 1. The van der Waals surface area contributed by atoms with Crippen molar-refractivity contribution in [3.63, 3.8) is 0 Å². The van der Waals surface area contributed by atoms with Crippen molar-refractivity contribution in [2.75, 3.05) is 31.1 Å². The fourth-order valence-electron chi connectivity index (χ4n) is 2.59. The molecule has 1 saturated heterocycles. The van der Waals surface area contributed by atoms with Crippen LogP contribution in [0.25, 0.3) is 0 Å².